The summed E-state index contributed by atoms with van der Waals surface area (Å²) >= 11 is 11.8. The molecule has 0 saturated heterocycles. The van der Waals surface area contributed by atoms with Crippen molar-refractivity contribution in [3.05, 3.63) is 75.3 Å². The van der Waals surface area contributed by atoms with Gasteiger partial charge in [0.1, 0.15) is 0 Å². The molecule has 0 spiro atoms. The first-order chi connectivity index (χ1) is 9.54. The Balaban J connectivity index is 0.00000220. The third-order valence-corrected chi connectivity index (χ3v) is 3.31. The summed E-state index contributed by atoms with van der Waals surface area (Å²) in [5.74, 6) is -0.984. The van der Waals surface area contributed by atoms with Crippen LogP contribution in [0.4, 0.5) is 0 Å². The molecule has 104 valence electrons. The summed E-state index contributed by atoms with van der Waals surface area (Å²) < 4.78 is 0. The van der Waals surface area contributed by atoms with E-state index in [1.165, 1.54) is 0 Å². The Morgan fingerprint density at radius 2 is 1.67 bits per heavy atom. The van der Waals surface area contributed by atoms with Gasteiger partial charge in [-0.25, -0.2) is 4.79 Å². The molecule has 0 aromatic heterocycles. The average molecular weight is 331 g/mol. The zero-order chi connectivity index (χ0) is 14.5. The Labute approximate surface area is 155 Å². The van der Waals surface area contributed by atoms with Crippen molar-refractivity contribution in [2.24, 2.45) is 0 Å². The monoisotopic (exact) mass is 330 g/mol. The van der Waals surface area contributed by atoms with E-state index in [2.05, 4.69) is 0 Å². The van der Waals surface area contributed by atoms with Crippen LogP contribution in [-0.2, 0) is 11.2 Å². The van der Waals surface area contributed by atoms with Gasteiger partial charge in [0.25, 0.3) is 0 Å². The maximum absolute atomic E-state index is 10.6. The van der Waals surface area contributed by atoms with Crippen molar-refractivity contribution in [3.8, 4) is 0 Å². The molecule has 21 heavy (non-hydrogen) atoms. The van der Waals surface area contributed by atoms with Gasteiger partial charge >= 0.3 is 35.5 Å². The number of rotatable bonds is 4. The first-order valence-corrected chi connectivity index (χ1v) is 6.74. The Hall–Kier alpha value is -0.770. The summed E-state index contributed by atoms with van der Waals surface area (Å²) in [6.45, 7) is 0. The van der Waals surface area contributed by atoms with E-state index in [0.29, 0.717) is 16.5 Å². The minimum absolute atomic E-state index is 0. The van der Waals surface area contributed by atoms with Crippen molar-refractivity contribution < 1.29 is 9.90 Å². The molecule has 0 unspecified atom stereocenters. The molecule has 1 N–H and O–H groups in total. The molecule has 0 saturated carbocycles. The van der Waals surface area contributed by atoms with Crippen LogP contribution in [0.1, 0.15) is 16.7 Å². The van der Waals surface area contributed by atoms with E-state index in [9.17, 15) is 4.79 Å². The predicted octanol–water partition coefficient (Wildman–Crippen LogP) is 4.03. The fraction of sp³-hybridized carbons (Fsp3) is 0.0625. The molecule has 2 aromatic rings. The van der Waals surface area contributed by atoms with Crippen LogP contribution in [0.15, 0.2) is 48.5 Å². The summed E-state index contributed by atoms with van der Waals surface area (Å²) in [5, 5.41) is 9.99. The van der Waals surface area contributed by atoms with Crippen LogP contribution in [0.2, 0.25) is 10.0 Å². The average Bonchev–Trinajstić information content (AvgIpc) is 2.41. The number of halogens is 2. The molecule has 0 aliphatic carbocycles. The number of hydrogen-bond acceptors (Lipinski definition) is 1. The molecule has 2 nitrogen and oxygen atoms in total. The quantitative estimate of drug-likeness (QED) is 0.678. The van der Waals surface area contributed by atoms with Gasteiger partial charge in [-0.2, -0.15) is 0 Å². The van der Waals surface area contributed by atoms with Crippen LogP contribution < -0.4 is 0 Å². The van der Waals surface area contributed by atoms with Gasteiger partial charge in [0.2, 0.25) is 0 Å². The van der Waals surface area contributed by atoms with E-state index in [1.807, 2.05) is 30.3 Å². The number of benzene rings is 2. The zero-order valence-electron chi connectivity index (χ0n) is 10.5. The van der Waals surface area contributed by atoms with E-state index in [1.54, 1.807) is 18.2 Å². The van der Waals surface area contributed by atoms with Crippen molar-refractivity contribution in [1.29, 1.82) is 0 Å². The normalized spacial score (nSPS) is 10.4. The van der Waals surface area contributed by atoms with E-state index < -0.39 is 5.97 Å². The topological polar surface area (TPSA) is 37.3 Å². The van der Waals surface area contributed by atoms with Crippen LogP contribution in [0.5, 0.6) is 0 Å². The molecule has 2 rings (SSSR count). The van der Waals surface area contributed by atoms with E-state index in [-0.39, 0.29) is 29.6 Å². The first-order valence-electron chi connectivity index (χ1n) is 5.98. The van der Waals surface area contributed by atoms with Crippen LogP contribution in [0, 0.1) is 0 Å². The van der Waals surface area contributed by atoms with E-state index in [0.717, 1.165) is 22.8 Å². The molecule has 0 heterocycles. The van der Waals surface area contributed by atoms with E-state index in [4.69, 9.17) is 28.3 Å². The third-order valence-electron chi connectivity index (χ3n) is 2.82. The molecule has 0 aliphatic heterocycles. The number of carbonyl (C=O) groups is 1. The van der Waals surface area contributed by atoms with Gasteiger partial charge in [0.05, 0.1) is 0 Å². The molecule has 0 bridgehead atoms. The second-order valence-electron chi connectivity index (χ2n) is 4.32. The van der Waals surface area contributed by atoms with Gasteiger partial charge in [-0.05, 0) is 53.5 Å². The first kappa shape index (κ1) is 18.3. The zero-order valence-corrected chi connectivity index (χ0v) is 12.0. The molecule has 0 amide bonds. The summed E-state index contributed by atoms with van der Waals surface area (Å²) in [5.41, 5.74) is 2.91. The summed E-state index contributed by atoms with van der Waals surface area (Å²) in [4.78, 5) is 10.6. The Bertz CT molecular complexity index is 652. The molecule has 0 atom stereocenters. The van der Waals surface area contributed by atoms with Crippen LogP contribution in [0.3, 0.4) is 0 Å². The van der Waals surface area contributed by atoms with Crippen molar-refractivity contribution in [1.82, 2.24) is 0 Å². The van der Waals surface area contributed by atoms with Gasteiger partial charge in [0.15, 0.2) is 0 Å². The molecule has 0 radical (unpaired) electrons. The number of aliphatic carboxylic acids is 1. The number of carboxylic acids is 1. The maximum atomic E-state index is 10.6. The Kier molecular flexibility index (Phi) is 7.50. The molecular formula is C16H13Cl2NaO2. The predicted molar refractivity (Wildman–Crippen MR) is 89.5 cm³/mol. The van der Waals surface area contributed by atoms with Crippen molar-refractivity contribution in [3.63, 3.8) is 0 Å². The van der Waals surface area contributed by atoms with Crippen LogP contribution in [0.25, 0.3) is 6.08 Å². The fourth-order valence-electron chi connectivity index (χ4n) is 1.87. The van der Waals surface area contributed by atoms with Gasteiger partial charge in [-0.1, -0.05) is 41.4 Å². The molecule has 0 fully saturated rings. The Morgan fingerprint density at radius 1 is 1.05 bits per heavy atom. The van der Waals surface area contributed by atoms with Crippen molar-refractivity contribution in [2.45, 2.75) is 6.42 Å². The second kappa shape index (κ2) is 8.62. The van der Waals surface area contributed by atoms with Gasteiger partial charge in [-0.15, -0.1) is 0 Å². The summed E-state index contributed by atoms with van der Waals surface area (Å²) in [6, 6.07) is 13.0. The van der Waals surface area contributed by atoms with E-state index >= 15 is 0 Å². The van der Waals surface area contributed by atoms with Gasteiger partial charge in [-0.3, -0.25) is 0 Å². The van der Waals surface area contributed by atoms with Crippen LogP contribution >= 0.6 is 23.2 Å². The number of carboxylic acid groups (broad SMARTS) is 1. The minimum atomic E-state index is -0.984. The van der Waals surface area contributed by atoms with Crippen molar-refractivity contribution >= 4 is 64.8 Å². The Morgan fingerprint density at radius 3 is 2.29 bits per heavy atom. The fourth-order valence-corrected chi connectivity index (χ4v) is 2.17. The third kappa shape index (κ3) is 5.85. The van der Waals surface area contributed by atoms with Crippen molar-refractivity contribution in [2.75, 3.05) is 0 Å². The van der Waals surface area contributed by atoms with Crippen LogP contribution in [-0.4, -0.2) is 40.6 Å². The molecule has 2 aromatic carbocycles. The number of hydrogen-bond donors (Lipinski definition) is 1. The second-order valence-corrected chi connectivity index (χ2v) is 5.19. The summed E-state index contributed by atoms with van der Waals surface area (Å²) in [7, 11) is 0. The molecule has 5 heteroatoms. The molecular weight excluding hydrogens is 318 g/mol. The molecule has 0 aliphatic rings. The SMILES string of the molecule is O=C(O)C=Cc1cc(Cl)ccc1Cc1ccc(Cl)cc1.[NaH]. The van der Waals surface area contributed by atoms with Gasteiger partial charge in [0, 0.05) is 16.1 Å². The van der Waals surface area contributed by atoms with Gasteiger partial charge < -0.3 is 5.11 Å². The standard InChI is InChI=1S/C16H12Cl2O2.Na.H/c17-14-5-1-11(2-6-14)9-12-3-7-15(18)10-13(12)4-8-16(19)20;;/h1-8,10H,9H2,(H,19,20);;. The summed E-state index contributed by atoms with van der Waals surface area (Å²) in [6.07, 6.45) is 3.35.